The lowest BCUT2D eigenvalue weighted by Gasteiger charge is -2.05. The number of rotatable bonds is 5. The highest BCUT2D eigenvalue weighted by atomic mass is 35.5. The van der Waals surface area contributed by atoms with E-state index in [1.54, 1.807) is 0 Å². The van der Waals surface area contributed by atoms with Gasteiger partial charge in [-0.2, -0.15) is 4.57 Å². The van der Waals surface area contributed by atoms with Crippen molar-refractivity contribution in [3.63, 3.8) is 0 Å². The van der Waals surface area contributed by atoms with Crippen molar-refractivity contribution in [2.75, 3.05) is 0 Å². The van der Waals surface area contributed by atoms with Gasteiger partial charge in [0.2, 0.25) is 6.54 Å². The molecule has 1 heterocycles. The Labute approximate surface area is 124 Å². The quantitative estimate of drug-likeness (QED) is 0.843. The molecule has 0 bridgehead atoms. The van der Waals surface area contributed by atoms with E-state index in [1.165, 1.54) is 5.56 Å². The first-order valence-electron chi connectivity index (χ1n) is 6.67. The van der Waals surface area contributed by atoms with Crippen LogP contribution in [0.2, 0.25) is 5.02 Å². The summed E-state index contributed by atoms with van der Waals surface area (Å²) >= 11 is 6.04. The summed E-state index contributed by atoms with van der Waals surface area (Å²) < 4.78 is 1.86. The minimum absolute atomic E-state index is 0.0285. The Morgan fingerprint density at radius 1 is 1.20 bits per heavy atom. The largest absolute Gasteiger partial charge is 0.346 e. The van der Waals surface area contributed by atoms with Crippen LogP contribution in [0.3, 0.4) is 0 Å². The molecule has 0 fully saturated rings. The van der Waals surface area contributed by atoms with Crippen LogP contribution < -0.4 is 9.88 Å². The maximum atomic E-state index is 11.9. The van der Waals surface area contributed by atoms with E-state index in [0.29, 0.717) is 18.1 Å². The number of pyridine rings is 1. The number of hydrogen-bond donors (Lipinski definition) is 1. The highest BCUT2D eigenvalue weighted by molar-refractivity contribution is 6.31. The molecule has 1 amide bonds. The Bertz CT molecular complexity index is 581. The second kappa shape index (κ2) is 7.06. The van der Waals surface area contributed by atoms with Crippen LogP contribution in [-0.2, 0) is 24.3 Å². The summed E-state index contributed by atoms with van der Waals surface area (Å²) in [5, 5.41) is 3.55. The number of hydrogen-bond acceptors (Lipinski definition) is 1. The zero-order chi connectivity index (χ0) is 14.4. The predicted octanol–water partition coefficient (Wildman–Crippen LogP) is 2.51. The van der Waals surface area contributed by atoms with E-state index in [2.05, 4.69) is 12.2 Å². The number of carbonyl (C=O) groups excluding carboxylic acids is 1. The lowest BCUT2D eigenvalue weighted by atomic mass is 10.2. The van der Waals surface area contributed by atoms with E-state index in [-0.39, 0.29) is 5.91 Å². The Balaban J connectivity index is 1.87. The van der Waals surface area contributed by atoms with E-state index < -0.39 is 0 Å². The number of amides is 1. The summed E-state index contributed by atoms with van der Waals surface area (Å²) in [6.07, 6.45) is 4.85. The first-order chi connectivity index (χ1) is 9.69. The van der Waals surface area contributed by atoms with Crippen molar-refractivity contribution in [3.8, 4) is 0 Å². The van der Waals surface area contributed by atoms with E-state index in [9.17, 15) is 4.79 Å². The first-order valence-corrected chi connectivity index (χ1v) is 7.05. The highest BCUT2D eigenvalue weighted by Gasteiger charge is 2.09. The van der Waals surface area contributed by atoms with Gasteiger partial charge in [0.15, 0.2) is 12.4 Å². The van der Waals surface area contributed by atoms with Gasteiger partial charge in [0.05, 0.1) is 0 Å². The Morgan fingerprint density at radius 2 is 1.90 bits per heavy atom. The number of carbonyl (C=O) groups is 1. The van der Waals surface area contributed by atoms with Gasteiger partial charge in [-0.1, -0.05) is 36.7 Å². The molecule has 0 spiro atoms. The van der Waals surface area contributed by atoms with Gasteiger partial charge in [0, 0.05) is 23.7 Å². The molecule has 1 aromatic heterocycles. The van der Waals surface area contributed by atoms with Crippen LogP contribution in [0.4, 0.5) is 0 Å². The van der Waals surface area contributed by atoms with Crippen LogP contribution in [0.5, 0.6) is 0 Å². The standard InChI is InChI=1S/C16H17ClN2O/c1-2-13-7-9-19(10-8-13)12-16(20)18-11-14-5-3-4-6-15(14)17/h3-10H,2,11-12H2,1H3/p+1. The molecule has 3 nitrogen and oxygen atoms in total. The number of nitrogens with zero attached hydrogens (tertiary/aromatic N) is 1. The molecule has 20 heavy (non-hydrogen) atoms. The van der Waals surface area contributed by atoms with Gasteiger partial charge in [-0.25, -0.2) is 0 Å². The molecule has 0 aliphatic rings. The number of halogens is 1. The van der Waals surface area contributed by atoms with Crippen molar-refractivity contribution in [3.05, 3.63) is 64.9 Å². The SMILES string of the molecule is CCc1cc[n+](CC(=O)NCc2ccccc2Cl)cc1. The zero-order valence-corrected chi connectivity index (χ0v) is 12.2. The van der Waals surface area contributed by atoms with Gasteiger partial charge in [-0.05, 0) is 23.6 Å². The third kappa shape index (κ3) is 4.07. The van der Waals surface area contributed by atoms with Gasteiger partial charge in [0.25, 0.3) is 5.91 Å². The number of aromatic nitrogens is 1. The third-order valence-corrected chi connectivity index (χ3v) is 3.50. The topological polar surface area (TPSA) is 33.0 Å². The average Bonchev–Trinajstić information content (AvgIpc) is 2.47. The maximum absolute atomic E-state index is 11.9. The molecule has 104 valence electrons. The van der Waals surface area contributed by atoms with Crippen LogP contribution in [0.25, 0.3) is 0 Å². The van der Waals surface area contributed by atoms with Crippen LogP contribution in [0, 0.1) is 0 Å². The summed E-state index contributed by atoms with van der Waals surface area (Å²) in [5.41, 5.74) is 2.19. The maximum Gasteiger partial charge on any atom is 0.286 e. The monoisotopic (exact) mass is 289 g/mol. The lowest BCUT2D eigenvalue weighted by Crippen LogP contribution is -2.42. The summed E-state index contributed by atoms with van der Waals surface area (Å²) in [6.45, 7) is 2.87. The normalized spacial score (nSPS) is 10.3. The van der Waals surface area contributed by atoms with E-state index in [4.69, 9.17) is 11.6 Å². The molecule has 0 aliphatic carbocycles. The fourth-order valence-electron chi connectivity index (χ4n) is 1.89. The molecule has 0 radical (unpaired) electrons. The molecule has 0 saturated carbocycles. The first kappa shape index (κ1) is 14.5. The fraction of sp³-hybridized carbons (Fsp3) is 0.250. The minimum Gasteiger partial charge on any atom is -0.346 e. The van der Waals surface area contributed by atoms with Gasteiger partial charge >= 0.3 is 0 Å². The van der Waals surface area contributed by atoms with Crippen molar-refractivity contribution in [1.29, 1.82) is 0 Å². The van der Waals surface area contributed by atoms with Gasteiger partial charge < -0.3 is 5.32 Å². The van der Waals surface area contributed by atoms with Crippen molar-refractivity contribution >= 4 is 17.5 Å². The van der Waals surface area contributed by atoms with Crippen molar-refractivity contribution in [2.24, 2.45) is 0 Å². The smallest absolute Gasteiger partial charge is 0.286 e. The summed E-state index contributed by atoms with van der Waals surface area (Å²) in [4.78, 5) is 11.9. The predicted molar refractivity (Wildman–Crippen MR) is 79.3 cm³/mol. The van der Waals surface area contributed by atoms with Crippen molar-refractivity contribution in [2.45, 2.75) is 26.4 Å². The molecule has 0 atom stereocenters. The Morgan fingerprint density at radius 3 is 2.55 bits per heavy atom. The van der Waals surface area contributed by atoms with E-state index >= 15 is 0 Å². The number of nitrogens with one attached hydrogen (secondary N) is 1. The minimum atomic E-state index is -0.0285. The summed E-state index contributed by atoms with van der Waals surface area (Å²) in [6, 6.07) is 11.6. The molecular formula is C16H18ClN2O+. The Kier molecular flexibility index (Phi) is 5.13. The van der Waals surface area contributed by atoms with E-state index in [1.807, 2.05) is 53.4 Å². The summed E-state index contributed by atoms with van der Waals surface area (Å²) in [7, 11) is 0. The molecule has 2 rings (SSSR count). The number of aryl methyl sites for hydroxylation is 1. The van der Waals surface area contributed by atoms with Gasteiger partial charge in [0.1, 0.15) is 0 Å². The fourth-order valence-corrected chi connectivity index (χ4v) is 2.09. The second-order valence-electron chi connectivity index (χ2n) is 4.60. The Hall–Kier alpha value is -1.87. The van der Waals surface area contributed by atoms with Crippen molar-refractivity contribution in [1.82, 2.24) is 5.32 Å². The molecule has 0 unspecified atom stereocenters. The summed E-state index contributed by atoms with van der Waals surface area (Å²) in [5.74, 6) is -0.0285. The molecule has 1 N–H and O–H groups in total. The highest BCUT2D eigenvalue weighted by Crippen LogP contribution is 2.14. The van der Waals surface area contributed by atoms with Crippen LogP contribution in [-0.4, -0.2) is 5.91 Å². The molecule has 0 saturated heterocycles. The molecule has 2 aromatic rings. The lowest BCUT2D eigenvalue weighted by molar-refractivity contribution is -0.684. The van der Waals surface area contributed by atoms with Crippen LogP contribution in [0.1, 0.15) is 18.1 Å². The van der Waals surface area contributed by atoms with Crippen molar-refractivity contribution < 1.29 is 9.36 Å². The molecule has 4 heteroatoms. The average molecular weight is 290 g/mol. The van der Waals surface area contributed by atoms with Gasteiger partial charge in [-0.15, -0.1) is 0 Å². The number of benzene rings is 1. The molecule has 1 aromatic carbocycles. The van der Waals surface area contributed by atoms with E-state index in [0.717, 1.165) is 12.0 Å². The zero-order valence-electron chi connectivity index (χ0n) is 11.5. The van der Waals surface area contributed by atoms with Crippen LogP contribution >= 0.6 is 11.6 Å². The van der Waals surface area contributed by atoms with Gasteiger partial charge in [-0.3, -0.25) is 4.79 Å². The molecule has 0 aliphatic heterocycles. The molecular weight excluding hydrogens is 272 g/mol. The third-order valence-electron chi connectivity index (χ3n) is 3.13. The van der Waals surface area contributed by atoms with Crippen LogP contribution in [0.15, 0.2) is 48.8 Å². The second-order valence-corrected chi connectivity index (χ2v) is 5.01.